The minimum atomic E-state index is 0.0822. The summed E-state index contributed by atoms with van der Waals surface area (Å²) >= 11 is 0. The summed E-state index contributed by atoms with van der Waals surface area (Å²) in [5.41, 5.74) is 5.88. The minimum absolute atomic E-state index is 0.0822. The van der Waals surface area contributed by atoms with Crippen molar-refractivity contribution in [2.24, 2.45) is 17.6 Å². The molecule has 0 aromatic rings. The van der Waals surface area contributed by atoms with Crippen LogP contribution in [-0.4, -0.2) is 41.8 Å². The van der Waals surface area contributed by atoms with Crippen molar-refractivity contribution in [3.05, 3.63) is 0 Å². The van der Waals surface area contributed by atoms with Crippen LogP contribution in [0.4, 0.5) is 0 Å². The van der Waals surface area contributed by atoms with Crippen LogP contribution in [0.3, 0.4) is 0 Å². The third kappa shape index (κ3) is 1.81. The second-order valence-corrected chi connectivity index (χ2v) is 5.01. The van der Waals surface area contributed by atoms with Gasteiger partial charge in [0, 0.05) is 25.2 Å². The van der Waals surface area contributed by atoms with E-state index in [1.54, 1.807) is 0 Å². The van der Waals surface area contributed by atoms with Gasteiger partial charge in [-0.15, -0.1) is 0 Å². The number of hydrogen-bond donors (Lipinski definition) is 2. The Morgan fingerprint density at radius 3 is 2.36 bits per heavy atom. The van der Waals surface area contributed by atoms with E-state index in [4.69, 9.17) is 5.73 Å². The van der Waals surface area contributed by atoms with E-state index in [9.17, 15) is 5.11 Å². The molecule has 1 heterocycles. The first-order valence-corrected chi connectivity index (χ1v) is 5.83. The quantitative estimate of drug-likeness (QED) is 0.691. The Kier molecular flexibility index (Phi) is 3.10. The molecule has 2 aliphatic rings. The smallest absolute Gasteiger partial charge is 0.0601 e. The monoisotopic (exact) mass is 198 g/mol. The first kappa shape index (κ1) is 10.4. The van der Waals surface area contributed by atoms with E-state index in [1.807, 2.05) is 6.92 Å². The largest absolute Gasteiger partial charge is 0.395 e. The van der Waals surface area contributed by atoms with Gasteiger partial charge in [-0.2, -0.15) is 0 Å². The van der Waals surface area contributed by atoms with Gasteiger partial charge < -0.3 is 10.8 Å². The molecule has 0 radical (unpaired) electrons. The van der Waals surface area contributed by atoms with Crippen LogP contribution in [0.5, 0.6) is 0 Å². The van der Waals surface area contributed by atoms with Crippen molar-refractivity contribution in [2.45, 2.75) is 38.3 Å². The lowest BCUT2D eigenvalue weighted by molar-refractivity contribution is 0.122. The van der Waals surface area contributed by atoms with Crippen LogP contribution in [0, 0.1) is 11.8 Å². The van der Waals surface area contributed by atoms with Crippen molar-refractivity contribution in [1.29, 1.82) is 0 Å². The van der Waals surface area contributed by atoms with Crippen molar-refractivity contribution in [3.63, 3.8) is 0 Å². The molecule has 1 saturated carbocycles. The average Bonchev–Trinajstić information content (AvgIpc) is 2.63. The topological polar surface area (TPSA) is 49.5 Å². The lowest BCUT2D eigenvalue weighted by Crippen LogP contribution is -2.48. The molecule has 1 aliphatic heterocycles. The van der Waals surface area contributed by atoms with E-state index in [0.717, 1.165) is 24.9 Å². The summed E-state index contributed by atoms with van der Waals surface area (Å²) in [5, 5.41) is 9.30. The molecular weight excluding hydrogens is 176 g/mol. The first-order valence-electron chi connectivity index (χ1n) is 5.83. The summed E-state index contributed by atoms with van der Waals surface area (Å²) in [6.45, 7) is 4.53. The van der Waals surface area contributed by atoms with Crippen molar-refractivity contribution in [3.8, 4) is 0 Å². The predicted octanol–water partition coefficient (Wildman–Crippen LogP) is 0.426. The number of rotatable bonds is 3. The van der Waals surface area contributed by atoms with Crippen LogP contribution >= 0.6 is 0 Å². The summed E-state index contributed by atoms with van der Waals surface area (Å²) < 4.78 is 0. The summed E-state index contributed by atoms with van der Waals surface area (Å²) in [6, 6.07) is 0.263. The SMILES string of the molecule is CC(N)C(CO)N1CC2CCCC2C1. The number of aliphatic hydroxyl groups excluding tert-OH is 1. The van der Waals surface area contributed by atoms with Crippen LogP contribution < -0.4 is 5.73 Å². The van der Waals surface area contributed by atoms with Gasteiger partial charge in [-0.1, -0.05) is 6.42 Å². The summed E-state index contributed by atoms with van der Waals surface area (Å²) in [4.78, 5) is 2.40. The van der Waals surface area contributed by atoms with Crippen molar-refractivity contribution in [2.75, 3.05) is 19.7 Å². The van der Waals surface area contributed by atoms with Gasteiger partial charge >= 0.3 is 0 Å². The van der Waals surface area contributed by atoms with Gasteiger partial charge in [0.15, 0.2) is 0 Å². The highest BCUT2D eigenvalue weighted by Gasteiger charge is 2.39. The Labute approximate surface area is 86.3 Å². The van der Waals surface area contributed by atoms with Gasteiger partial charge in [0.2, 0.25) is 0 Å². The summed E-state index contributed by atoms with van der Waals surface area (Å²) in [5.74, 6) is 1.78. The molecular formula is C11H22N2O. The summed E-state index contributed by atoms with van der Waals surface area (Å²) in [6.07, 6.45) is 4.18. The Morgan fingerprint density at radius 2 is 1.93 bits per heavy atom. The van der Waals surface area contributed by atoms with Gasteiger partial charge in [-0.25, -0.2) is 0 Å². The van der Waals surface area contributed by atoms with Crippen LogP contribution in [0.2, 0.25) is 0 Å². The Hall–Kier alpha value is -0.120. The second-order valence-electron chi connectivity index (χ2n) is 5.01. The molecule has 3 nitrogen and oxygen atoms in total. The second kappa shape index (κ2) is 4.17. The highest BCUT2D eigenvalue weighted by Crippen LogP contribution is 2.38. The maximum atomic E-state index is 9.30. The fourth-order valence-electron chi connectivity index (χ4n) is 3.16. The Bertz CT molecular complexity index is 184. The zero-order valence-corrected chi connectivity index (χ0v) is 9.02. The first-order chi connectivity index (χ1) is 6.72. The average molecular weight is 198 g/mol. The fourth-order valence-corrected chi connectivity index (χ4v) is 3.16. The maximum absolute atomic E-state index is 9.30. The number of aliphatic hydroxyl groups is 1. The van der Waals surface area contributed by atoms with Gasteiger partial charge in [0.25, 0.3) is 0 Å². The van der Waals surface area contributed by atoms with Crippen molar-refractivity contribution < 1.29 is 5.11 Å². The number of nitrogens with zero attached hydrogens (tertiary/aromatic N) is 1. The molecule has 3 N–H and O–H groups in total. The van der Waals surface area contributed by atoms with Crippen LogP contribution in [0.1, 0.15) is 26.2 Å². The number of likely N-dealkylation sites (tertiary alicyclic amines) is 1. The van der Waals surface area contributed by atoms with Crippen molar-refractivity contribution >= 4 is 0 Å². The molecule has 4 unspecified atom stereocenters. The molecule has 0 amide bonds. The van der Waals surface area contributed by atoms with Crippen LogP contribution in [0.25, 0.3) is 0 Å². The number of fused-ring (bicyclic) bond motifs is 1. The van der Waals surface area contributed by atoms with E-state index < -0.39 is 0 Å². The predicted molar refractivity (Wildman–Crippen MR) is 56.9 cm³/mol. The third-order valence-corrected chi connectivity index (χ3v) is 4.02. The zero-order valence-electron chi connectivity index (χ0n) is 9.02. The zero-order chi connectivity index (χ0) is 10.1. The molecule has 0 aromatic heterocycles. The minimum Gasteiger partial charge on any atom is -0.395 e. The molecule has 1 saturated heterocycles. The lowest BCUT2D eigenvalue weighted by Gasteiger charge is -2.29. The lowest BCUT2D eigenvalue weighted by atomic mass is 10.0. The fraction of sp³-hybridized carbons (Fsp3) is 1.00. The van der Waals surface area contributed by atoms with E-state index in [1.165, 1.54) is 19.3 Å². The molecule has 0 bridgehead atoms. The maximum Gasteiger partial charge on any atom is 0.0601 e. The molecule has 14 heavy (non-hydrogen) atoms. The molecule has 3 heteroatoms. The molecule has 1 aliphatic carbocycles. The third-order valence-electron chi connectivity index (χ3n) is 4.02. The molecule has 0 spiro atoms. The number of nitrogens with two attached hydrogens (primary N) is 1. The van der Waals surface area contributed by atoms with E-state index in [-0.39, 0.29) is 18.7 Å². The van der Waals surface area contributed by atoms with Crippen molar-refractivity contribution in [1.82, 2.24) is 4.90 Å². The molecule has 2 rings (SSSR count). The van der Waals surface area contributed by atoms with E-state index in [2.05, 4.69) is 4.90 Å². The highest BCUT2D eigenvalue weighted by atomic mass is 16.3. The van der Waals surface area contributed by atoms with Crippen LogP contribution in [0.15, 0.2) is 0 Å². The number of hydrogen-bond acceptors (Lipinski definition) is 3. The van der Waals surface area contributed by atoms with Gasteiger partial charge in [0.05, 0.1) is 6.61 Å². The van der Waals surface area contributed by atoms with Gasteiger partial charge in [-0.3, -0.25) is 4.90 Å². The Morgan fingerprint density at radius 1 is 1.36 bits per heavy atom. The van der Waals surface area contributed by atoms with E-state index >= 15 is 0 Å². The highest BCUT2D eigenvalue weighted by molar-refractivity contribution is 4.92. The molecule has 82 valence electrons. The van der Waals surface area contributed by atoms with Gasteiger partial charge in [0.1, 0.15) is 0 Å². The summed E-state index contributed by atoms with van der Waals surface area (Å²) in [7, 11) is 0. The molecule has 4 atom stereocenters. The molecule has 0 aromatic carbocycles. The van der Waals surface area contributed by atoms with Gasteiger partial charge in [-0.05, 0) is 31.6 Å². The Balaban J connectivity index is 1.93. The molecule has 2 fully saturated rings. The van der Waals surface area contributed by atoms with Crippen LogP contribution in [-0.2, 0) is 0 Å². The standard InChI is InChI=1S/C11H22N2O/c1-8(12)11(7-14)13-5-9-3-2-4-10(9)6-13/h8-11,14H,2-7,12H2,1H3. The normalized spacial score (nSPS) is 37.1. The van der Waals surface area contributed by atoms with E-state index in [0.29, 0.717) is 0 Å².